The Morgan fingerprint density at radius 2 is 2.08 bits per heavy atom. The molecule has 0 spiro atoms. The SMILES string of the molecule is Cc1ccccc1CN1CCC(CNC(=O)c2ccc3n[nH]nc3c2)C1. The first-order valence-electron chi connectivity index (χ1n) is 9.04. The van der Waals surface area contributed by atoms with E-state index in [9.17, 15) is 4.79 Å². The zero-order chi connectivity index (χ0) is 17.9. The first kappa shape index (κ1) is 16.7. The molecule has 1 unspecified atom stereocenters. The van der Waals surface area contributed by atoms with Crippen LogP contribution >= 0.6 is 0 Å². The van der Waals surface area contributed by atoms with Crippen molar-refractivity contribution in [3.63, 3.8) is 0 Å². The number of aromatic amines is 1. The number of nitrogens with one attached hydrogen (secondary N) is 2. The van der Waals surface area contributed by atoms with Crippen molar-refractivity contribution in [2.75, 3.05) is 19.6 Å². The summed E-state index contributed by atoms with van der Waals surface area (Å²) in [5.41, 5.74) is 4.83. The number of fused-ring (bicyclic) bond motifs is 1. The fourth-order valence-corrected chi connectivity index (χ4v) is 3.57. The van der Waals surface area contributed by atoms with Crippen molar-refractivity contribution >= 4 is 16.9 Å². The number of amides is 1. The van der Waals surface area contributed by atoms with E-state index in [0.717, 1.165) is 31.6 Å². The molecule has 0 bridgehead atoms. The molecule has 2 N–H and O–H groups in total. The van der Waals surface area contributed by atoms with Crippen LogP contribution < -0.4 is 5.32 Å². The van der Waals surface area contributed by atoms with Gasteiger partial charge < -0.3 is 5.32 Å². The predicted octanol–water partition coefficient (Wildman–Crippen LogP) is 2.52. The van der Waals surface area contributed by atoms with Crippen LogP contribution in [-0.4, -0.2) is 45.9 Å². The fourth-order valence-electron chi connectivity index (χ4n) is 3.57. The standard InChI is InChI=1S/C20H23N5O/c1-14-4-2-3-5-17(14)13-25-9-8-15(12-25)11-21-20(26)16-6-7-18-19(10-16)23-24-22-18/h2-7,10,15H,8-9,11-13H2,1H3,(H,21,26)(H,22,23,24). The Bertz CT molecular complexity index is 919. The molecule has 1 atom stereocenters. The fraction of sp³-hybridized carbons (Fsp3) is 0.350. The van der Waals surface area contributed by atoms with Crippen LogP contribution in [0.25, 0.3) is 11.0 Å². The summed E-state index contributed by atoms with van der Waals surface area (Å²) >= 11 is 0. The number of hydrogen-bond donors (Lipinski definition) is 2. The maximum atomic E-state index is 12.4. The van der Waals surface area contributed by atoms with Crippen LogP contribution in [0.4, 0.5) is 0 Å². The highest BCUT2D eigenvalue weighted by Gasteiger charge is 2.23. The number of carbonyl (C=O) groups excluding carboxylic acids is 1. The molecule has 3 aromatic rings. The van der Waals surface area contributed by atoms with Crippen molar-refractivity contribution < 1.29 is 4.79 Å². The molecule has 2 aromatic carbocycles. The summed E-state index contributed by atoms with van der Waals surface area (Å²) in [6.45, 7) is 5.96. The number of nitrogens with zero attached hydrogens (tertiary/aromatic N) is 3. The highest BCUT2D eigenvalue weighted by Crippen LogP contribution is 2.20. The quantitative estimate of drug-likeness (QED) is 0.742. The Balaban J connectivity index is 1.30. The van der Waals surface area contributed by atoms with E-state index >= 15 is 0 Å². The van der Waals surface area contributed by atoms with Gasteiger partial charge in [-0.25, -0.2) is 0 Å². The minimum atomic E-state index is -0.0488. The van der Waals surface area contributed by atoms with Crippen LogP contribution in [0.2, 0.25) is 0 Å². The van der Waals surface area contributed by atoms with Crippen LogP contribution in [0.3, 0.4) is 0 Å². The minimum absolute atomic E-state index is 0.0488. The zero-order valence-corrected chi connectivity index (χ0v) is 14.9. The predicted molar refractivity (Wildman–Crippen MR) is 101 cm³/mol. The van der Waals surface area contributed by atoms with E-state index in [1.54, 1.807) is 12.1 Å². The zero-order valence-electron chi connectivity index (χ0n) is 14.9. The van der Waals surface area contributed by atoms with Crippen molar-refractivity contribution in [1.29, 1.82) is 0 Å². The Hall–Kier alpha value is -2.73. The topological polar surface area (TPSA) is 73.9 Å². The largest absolute Gasteiger partial charge is 0.352 e. The Morgan fingerprint density at radius 3 is 2.96 bits per heavy atom. The Morgan fingerprint density at radius 1 is 1.23 bits per heavy atom. The van der Waals surface area contributed by atoms with E-state index in [4.69, 9.17) is 0 Å². The van der Waals surface area contributed by atoms with Gasteiger partial charge in [0, 0.05) is 25.2 Å². The molecular formula is C20H23N5O. The maximum Gasteiger partial charge on any atom is 0.251 e. The van der Waals surface area contributed by atoms with E-state index in [2.05, 4.69) is 56.8 Å². The van der Waals surface area contributed by atoms with Crippen LogP contribution in [0.1, 0.15) is 27.9 Å². The number of aryl methyl sites for hydroxylation is 1. The van der Waals surface area contributed by atoms with Gasteiger partial charge in [0.2, 0.25) is 0 Å². The minimum Gasteiger partial charge on any atom is -0.352 e. The smallest absolute Gasteiger partial charge is 0.251 e. The summed E-state index contributed by atoms with van der Waals surface area (Å²) < 4.78 is 0. The molecule has 6 heteroatoms. The highest BCUT2D eigenvalue weighted by atomic mass is 16.1. The molecule has 4 rings (SSSR count). The van der Waals surface area contributed by atoms with Crippen LogP contribution in [0.5, 0.6) is 0 Å². The van der Waals surface area contributed by atoms with E-state index in [1.165, 1.54) is 11.1 Å². The number of carbonyl (C=O) groups is 1. The summed E-state index contributed by atoms with van der Waals surface area (Å²) in [7, 11) is 0. The lowest BCUT2D eigenvalue weighted by atomic mass is 10.1. The van der Waals surface area contributed by atoms with Crippen LogP contribution in [0, 0.1) is 12.8 Å². The normalized spacial score (nSPS) is 17.7. The number of hydrogen-bond acceptors (Lipinski definition) is 4. The molecule has 1 fully saturated rings. The number of likely N-dealkylation sites (tertiary alicyclic amines) is 1. The van der Waals surface area contributed by atoms with E-state index in [0.29, 0.717) is 23.5 Å². The van der Waals surface area contributed by atoms with Gasteiger partial charge in [0.05, 0.1) is 0 Å². The number of rotatable bonds is 5. The second-order valence-corrected chi connectivity index (χ2v) is 7.05. The van der Waals surface area contributed by atoms with Gasteiger partial charge in [0.15, 0.2) is 0 Å². The van der Waals surface area contributed by atoms with Gasteiger partial charge in [-0.3, -0.25) is 9.69 Å². The summed E-state index contributed by atoms with van der Waals surface area (Å²) in [6.07, 6.45) is 1.12. The molecule has 1 saturated heterocycles. The molecule has 0 radical (unpaired) electrons. The van der Waals surface area contributed by atoms with E-state index < -0.39 is 0 Å². The number of H-pyrrole nitrogens is 1. The summed E-state index contributed by atoms with van der Waals surface area (Å²) in [6, 6.07) is 13.9. The van der Waals surface area contributed by atoms with Gasteiger partial charge in [-0.15, -0.1) is 0 Å². The molecular weight excluding hydrogens is 326 g/mol. The van der Waals surface area contributed by atoms with Crippen molar-refractivity contribution in [3.05, 3.63) is 59.2 Å². The van der Waals surface area contributed by atoms with Gasteiger partial charge in [-0.1, -0.05) is 24.3 Å². The highest BCUT2D eigenvalue weighted by molar-refractivity contribution is 5.97. The maximum absolute atomic E-state index is 12.4. The molecule has 6 nitrogen and oxygen atoms in total. The Kier molecular flexibility index (Phi) is 4.67. The van der Waals surface area contributed by atoms with Gasteiger partial charge in [0.1, 0.15) is 11.0 Å². The molecule has 1 aliphatic rings. The monoisotopic (exact) mass is 349 g/mol. The molecule has 1 aliphatic heterocycles. The lowest BCUT2D eigenvalue weighted by Gasteiger charge is -2.17. The second-order valence-electron chi connectivity index (χ2n) is 7.05. The first-order chi connectivity index (χ1) is 12.7. The molecule has 2 heterocycles. The second kappa shape index (κ2) is 7.25. The summed E-state index contributed by atoms with van der Waals surface area (Å²) in [5.74, 6) is 0.450. The summed E-state index contributed by atoms with van der Waals surface area (Å²) in [5, 5.41) is 13.7. The van der Waals surface area contributed by atoms with Crippen molar-refractivity contribution in [2.45, 2.75) is 19.9 Å². The third kappa shape index (κ3) is 3.60. The molecule has 1 aromatic heterocycles. The van der Waals surface area contributed by atoms with Crippen molar-refractivity contribution in [3.8, 4) is 0 Å². The van der Waals surface area contributed by atoms with Crippen molar-refractivity contribution in [2.24, 2.45) is 5.92 Å². The molecule has 1 amide bonds. The Labute approximate surface area is 152 Å². The van der Waals surface area contributed by atoms with Crippen LogP contribution in [0.15, 0.2) is 42.5 Å². The van der Waals surface area contributed by atoms with Gasteiger partial charge >= 0.3 is 0 Å². The van der Waals surface area contributed by atoms with Gasteiger partial charge in [-0.2, -0.15) is 15.4 Å². The van der Waals surface area contributed by atoms with E-state index in [-0.39, 0.29) is 5.91 Å². The molecule has 26 heavy (non-hydrogen) atoms. The molecule has 0 saturated carbocycles. The lowest BCUT2D eigenvalue weighted by molar-refractivity contribution is 0.0947. The van der Waals surface area contributed by atoms with Gasteiger partial charge in [0.25, 0.3) is 5.91 Å². The van der Waals surface area contributed by atoms with Crippen LogP contribution in [-0.2, 0) is 6.54 Å². The average Bonchev–Trinajstić information content (AvgIpc) is 3.30. The molecule has 0 aliphatic carbocycles. The first-order valence-corrected chi connectivity index (χ1v) is 9.04. The third-order valence-corrected chi connectivity index (χ3v) is 5.15. The van der Waals surface area contributed by atoms with E-state index in [1.807, 2.05) is 6.07 Å². The van der Waals surface area contributed by atoms with Crippen molar-refractivity contribution in [1.82, 2.24) is 25.6 Å². The molecule has 134 valence electrons. The van der Waals surface area contributed by atoms with Gasteiger partial charge in [-0.05, 0) is 55.1 Å². The third-order valence-electron chi connectivity index (χ3n) is 5.15. The number of benzene rings is 2. The average molecular weight is 349 g/mol. The lowest BCUT2D eigenvalue weighted by Crippen LogP contribution is -2.31. The number of aromatic nitrogens is 3. The summed E-state index contributed by atoms with van der Waals surface area (Å²) in [4.78, 5) is 14.9.